The van der Waals surface area contributed by atoms with E-state index in [1.807, 2.05) is 13.1 Å². The van der Waals surface area contributed by atoms with Gasteiger partial charge in [-0.2, -0.15) is 0 Å². The molecule has 0 fully saturated rings. The second-order valence-corrected chi connectivity index (χ2v) is 3.78. The summed E-state index contributed by atoms with van der Waals surface area (Å²) in [6.45, 7) is 4.39. The molecule has 0 bridgehead atoms. The van der Waals surface area contributed by atoms with Gasteiger partial charge in [0.1, 0.15) is 5.82 Å². The van der Waals surface area contributed by atoms with Crippen LogP contribution in [0, 0.1) is 0 Å². The van der Waals surface area contributed by atoms with Gasteiger partial charge in [0.05, 0.1) is 12.7 Å². The number of hydrogen-bond acceptors (Lipinski definition) is 4. The summed E-state index contributed by atoms with van der Waals surface area (Å²) in [4.78, 5) is 7.56. The minimum Gasteiger partial charge on any atom is -0.383 e. The highest BCUT2D eigenvalue weighted by Gasteiger charge is 2.05. The summed E-state index contributed by atoms with van der Waals surface area (Å²) < 4.78 is 10.1. The van der Waals surface area contributed by atoms with Crippen LogP contribution in [0.5, 0.6) is 0 Å². The highest BCUT2D eigenvalue weighted by atomic mass is 16.5. The first-order chi connectivity index (χ1) is 7.76. The summed E-state index contributed by atoms with van der Waals surface area (Å²) >= 11 is 0. The molecule has 1 heterocycles. The molecule has 0 aliphatic rings. The molecule has 0 aliphatic carbocycles. The van der Waals surface area contributed by atoms with Gasteiger partial charge in [-0.05, 0) is 6.92 Å². The fourth-order valence-electron chi connectivity index (χ4n) is 1.35. The van der Waals surface area contributed by atoms with Gasteiger partial charge in [0.2, 0.25) is 0 Å². The van der Waals surface area contributed by atoms with E-state index in [1.54, 1.807) is 14.2 Å². The molecule has 0 spiro atoms. The van der Waals surface area contributed by atoms with Gasteiger partial charge in [-0.1, -0.05) is 0 Å². The maximum absolute atomic E-state index is 5.18. The molecule has 1 aromatic rings. The van der Waals surface area contributed by atoms with Crippen LogP contribution in [-0.4, -0.2) is 43.4 Å². The first-order valence-electron chi connectivity index (χ1n) is 5.51. The van der Waals surface area contributed by atoms with E-state index >= 15 is 0 Å². The summed E-state index contributed by atoms with van der Waals surface area (Å²) in [5.74, 6) is 0.970. The smallest absolute Gasteiger partial charge is 0.108 e. The van der Waals surface area contributed by atoms with Gasteiger partial charge in [-0.3, -0.25) is 0 Å². The Morgan fingerprint density at radius 2 is 2.31 bits per heavy atom. The first-order valence-corrected chi connectivity index (χ1v) is 5.51. The molecule has 0 saturated carbocycles. The molecule has 0 saturated heterocycles. The van der Waals surface area contributed by atoms with Crippen molar-refractivity contribution in [1.82, 2.24) is 15.3 Å². The largest absolute Gasteiger partial charge is 0.383 e. The Labute approximate surface area is 96.6 Å². The number of H-pyrrole nitrogens is 1. The van der Waals surface area contributed by atoms with Gasteiger partial charge < -0.3 is 19.8 Å². The van der Waals surface area contributed by atoms with Crippen molar-refractivity contribution < 1.29 is 9.47 Å². The Morgan fingerprint density at radius 1 is 1.50 bits per heavy atom. The number of rotatable bonds is 8. The quantitative estimate of drug-likeness (QED) is 0.643. The van der Waals surface area contributed by atoms with Crippen molar-refractivity contribution in [3.63, 3.8) is 0 Å². The average molecular weight is 227 g/mol. The highest BCUT2D eigenvalue weighted by molar-refractivity contribution is 5.01. The van der Waals surface area contributed by atoms with Crippen LogP contribution in [0.15, 0.2) is 6.20 Å². The van der Waals surface area contributed by atoms with Crippen LogP contribution in [0.2, 0.25) is 0 Å². The number of nitrogens with zero attached hydrogens (tertiary/aromatic N) is 1. The molecular weight excluding hydrogens is 206 g/mol. The molecule has 1 atom stereocenters. The molecule has 1 aromatic heterocycles. The molecule has 0 radical (unpaired) electrons. The molecule has 0 amide bonds. The van der Waals surface area contributed by atoms with Crippen molar-refractivity contribution in [2.75, 3.05) is 27.4 Å². The van der Waals surface area contributed by atoms with Crippen molar-refractivity contribution in [1.29, 1.82) is 0 Å². The van der Waals surface area contributed by atoms with Gasteiger partial charge in [-0.25, -0.2) is 4.98 Å². The van der Waals surface area contributed by atoms with Crippen LogP contribution >= 0.6 is 0 Å². The predicted octanol–water partition coefficient (Wildman–Crippen LogP) is 0.723. The lowest BCUT2D eigenvalue weighted by molar-refractivity contribution is 0.117. The molecule has 1 rings (SSSR count). The van der Waals surface area contributed by atoms with E-state index in [9.17, 15) is 0 Å². The van der Waals surface area contributed by atoms with Gasteiger partial charge >= 0.3 is 0 Å². The Bertz CT molecular complexity index is 289. The molecule has 0 aromatic carbocycles. The van der Waals surface area contributed by atoms with Crippen molar-refractivity contribution in [3.8, 4) is 0 Å². The van der Waals surface area contributed by atoms with E-state index in [-0.39, 0.29) is 6.10 Å². The van der Waals surface area contributed by atoms with Crippen molar-refractivity contribution in [3.05, 3.63) is 17.7 Å². The lowest BCUT2D eigenvalue weighted by Gasteiger charge is -2.06. The zero-order chi connectivity index (χ0) is 11.8. The van der Waals surface area contributed by atoms with Crippen molar-refractivity contribution >= 4 is 0 Å². The summed E-state index contributed by atoms with van der Waals surface area (Å²) in [6.07, 6.45) is 2.87. The third-order valence-electron chi connectivity index (χ3n) is 2.36. The Morgan fingerprint density at radius 3 is 3.00 bits per heavy atom. The molecule has 2 N–H and O–H groups in total. The van der Waals surface area contributed by atoms with E-state index in [0.717, 1.165) is 37.6 Å². The fraction of sp³-hybridized carbons (Fsp3) is 0.727. The third kappa shape index (κ3) is 4.74. The van der Waals surface area contributed by atoms with E-state index in [1.165, 1.54) is 0 Å². The zero-order valence-electron chi connectivity index (χ0n) is 10.2. The Balaban J connectivity index is 2.28. The van der Waals surface area contributed by atoms with Crippen LogP contribution in [0.4, 0.5) is 0 Å². The maximum Gasteiger partial charge on any atom is 0.108 e. The summed E-state index contributed by atoms with van der Waals surface area (Å²) in [5.41, 5.74) is 1.09. The van der Waals surface area contributed by atoms with E-state index < -0.39 is 0 Å². The van der Waals surface area contributed by atoms with E-state index in [4.69, 9.17) is 9.47 Å². The molecular formula is C11H21N3O2. The molecule has 0 aliphatic heterocycles. The van der Waals surface area contributed by atoms with E-state index in [2.05, 4.69) is 15.3 Å². The lowest BCUT2D eigenvalue weighted by atomic mass is 10.3. The summed E-state index contributed by atoms with van der Waals surface area (Å²) in [7, 11) is 3.41. The SMILES string of the molecule is COCCNCc1cnc(CC(C)OC)[nH]1. The van der Waals surface area contributed by atoms with Gasteiger partial charge in [0.15, 0.2) is 0 Å². The van der Waals surface area contributed by atoms with Gasteiger partial charge in [0.25, 0.3) is 0 Å². The number of imidazole rings is 1. The van der Waals surface area contributed by atoms with E-state index in [0.29, 0.717) is 0 Å². The number of aromatic amines is 1. The number of ether oxygens (including phenoxy) is 2. The molecule has 16 heavy (non-hydrogen) atoms. The minimum atomic E-state index is 0.195. The topological polar surface area (TPSA) is 59.2 Å². The van der Waals surface area contributed by atoms with Crippen molar-refractivity contribution in [2.45, 2.75) is 26.0 Å². The highest BCUT2D eigenvalue weighted by Crippen LogP contribution is 2.02. The molecule has 5 heteroatoms. The third-order valence-corrected chi connectivity index (χ3v) is 2.36. The number of nitrogens with one attached hydrogen (secondary N) is 2. The number of aromatic nitrogens is 2. The van der Waals surface area contributed by atoms with Crippen LogP contribution in [0.1, 0.15) is 18.4 Å². The summed E-state index contributed by atoms with van der Waals surface area (Å²) in [6, 6.07) is 0. The Hall–Kier alpha value is -0.910. The van der Waals surface area contributed by atoms with Crippen LogP contribution in [-0.2, 0) is 22.4 Å². The summed E-state index contributed by atoms with van der Waals surface area (Å²) in [5, 5.41) is 3.26. The average Bonchev–Trinajstić information content (AvgIpc) is 2.72. The molecule has 5 nitrogen and oxygen atoms in total. The van der Waals surface area contributed by atoms with Crippen LogP contribution in [0.3, 0.4) is 0 Å². The second kappa shape index (κ2) is 7.38. The zero-order valence-corrected chi connectivity index (χ0v) is 10.2. The predicted molar refractivity (Wildman–Crippen MR) is 62.3 cm³/mol. The monoisotopic (exact) mass is 227 g/mol. The van der Waals surface area contributed by atoms with Crippen molar-refractivity contribution in [2.24, 2.45) is 0 Å². The second-order valence-electron chi connectivity index (χ2n) is 3.78. The maximum atomic E-state index is 5.18. The standard InChI is InChI=1S/C11H21N3O2/c1-9(16-3)6-11-13-8-10(14-11)7-12-4-5-15-2/h8-9,12H,4-7H2,1-3H3,(H,13,14). The Kier molecular flexibility index (Phi) is 6.07. The van der Waals surface area contributed by atoms with Gasteiger partial charge in [0, 0.05) is 45.6 Å². The van der Waals surface area contributed by atoms with Crippen LogP contribution in [0.25, 0.3) is 0 Å². The number of methoxy groups -OCH3 is 2. The minimum absolute atomic E-state index is 0.195. The normalized spacial score (nSPS) is 12.9. The lowest BCUT2D eigenvalue weighted by Crippen LogP contribution is -2.18. The van der Waals surface area contributed by atoms with Gasteiger partial charge in [-0.15, -0.1) is 0 Å². The number of hydrogen-bond donors (Lipinski definition) is 2. The molecule has 1 unspecified atom stereocenters. The van der Waals surface area contributed by atoms with Crippen LogP contribution < -0.4 is 5.32 Å². The molecule has 92 valence electrons. The fourth-order valence-corrected chi connectivity index (χ4v) is 1.35. The first kappa shape index (κ1) is 13.2.